The second-order valence-corrected chi connectivity index (χ2v) is 10.7. The zero-order chi connectivity index (χ0) is 32.2. The highest BCUT2D eigenvalue weighted by Gasteiger charge is 2.32. The van der Waals surface area contributed by atoms with E-state index in [1.807, 2.05) is 0 Å². The molecule has 0 saturated heterocycles. The number of rotatable bonds is 10. The Morgan fingerprint density at radius 1 is 1.05 bits per heavy atom. The van der Waals surface area contributed by atoms with E-state index in [1.165, 1.54) is 27.4 Å². The van der Waals surface area contributed by atoms with Crippen molar-refractivity contribution in [3.05, 3.63) is 46.5 Å². The van der Waals surface area contributed by atoms with E-state index >= 15 is 0 Å². The monoisotopic (exact) mass is 613 g/mol. The van der Waals surface area contributed by atoms with Crippen LogP contribution in [0.1, 0.15) is 91.3 Å². The largest absolute Gasteiger partial charge is 0.507 e. The topological polar surface area (TPSA) is 161 Å². The SMILES string of the molecule is COc1cc(C(CC(=O)NCCCO)c2c(O)cc3c(c2O)C(=O)O[C@@H](C)CCCC(=O)CCC/C=C/3)cc(OC)c1OC. The number of allylic oxidation sites excluding steroid dienone is 1. The van der Waals surface area contributed by atoms with Crippen molar-refractivity contribution in [1.29, 1.82) is 0 Å². The molecular formula is C33H43NO10. The van der Waals surface area contributed by atoms with E-state index in [1.54, 1.807) is 31.2 Å². The summed E-state index contributed by atoms with van der Waals surface area (Å²) < 4.78 is 22.1. The van der Waals surface area contributed by atoms with Crippen LogP contribution in [-0.2, 0) is 14.3 Å². The number of ketones is 1. The fraction of sp³-hybridized carbons (Fsp3) is 0.485. The average molecular weight is 614 g/mol. The number of nitrogens with one attached hydrogen (secondary N) is 1. The summed E-state index contributed by atoms with van der Waals surface area (Å²) >= 11 is 0. The number of hydrogen-bond acceptors (Lipinski definition) is 10. The Bertz CT molecular complexity index is 1330. The molecule has 1 heterocycles. The molecule has 11 nitrogen and oxygen atoms in total. The van der Waals surface area contributed by atoms with Crippen LogP contribution in [0.2, 0.25) is 0 Å². The lowest BCUT2D eigenvalue weighted by Gasteiger charge is -2.24. The van der Waals surface area contributed by atoms with Crippen molar-refractivity contribution in [3.63, 3.8) is 0 Å². The highest BCUT2D eigenvalue weighted by molar-refractivity contribution is 5.98. The molecule has 0 aliphatic carbocycles. The Balaban J connectivity index is 2.21. The van der Waals surface area contributed by atoms with E-state index in [4.69, 9.17) is 24.1 Å². The Labute approximate surface area is 257 Å². The van der Waals surface area contributed by atoms with Crippen LogP contribution in [0.25, 0.3) is 6.08 Å². The first-order valence-corrected chi connectivity index (χ1v) is 14.8. The summed E-state index contributed by atoms with van der Waals surface area (Å²) in [6, 6.07) is 4.58. The normalized spacial score (nSPS) is 17.4. The average Bonchev–Trinajstić information content (AvgIpc) is 2.99. The van der Waals surface area contributed by atoms with Gasteiger partial charge < -0.3 is 39.6 Å². The second kappa shape index (κ2) is 16.6. The minimum Gasteiger partial charge on any atom is -0.507 e. The lowest BCUT2D eigenvalue weighted by atomic mass is 9.84. The molecule has 1 aliphatic rings. The van der Waals surface area contributed by atoms with Crippen LogP contribution >= 0.6 is 0 Å². The number of phenolic OH excluding ortho intramolecular Hbond substituents is 2. The van der Waals surface area contributed by atoms with Gasteiger partial charge in [-0.15, -0.1) is 0 Å². The smallest absolute Gasteiger partial charge is 0.342 e. The van der Waals surface area contributed by atoms with E-state index < -0.39 is 29.6 Å². The van der Waals surface area contributed by atoms with Crippen LogP contribution in [0.4, 0.5) is 0 Å². The lowest BCUT2D eigenvalue weighted by Crippen LogP contribution is -2.27. The number of cyclic esters (lactones) is 1. The van der Waals surface area contributed by atoms with Crippen molar-refractivity contribution in [1.82, 2.24) is 5.32 Å². The number of aromatic hydroxyl groups is 2. The van der Waals surface area contributed by atoms with Gasteiger partial charge >= 0.3 is 5.97 Å². The second-order valence-electron chi connectivity index (χ2n) is 10.7. The van der Waals surface area contributed by atoms with Gasteiger partial charge in [-0.25, -0.2) is 4.79 Å². The molecule has 11 heteroatoms. The van der Waals surface area contributed by atoms with Gasteiger partial charge in [0.25, 0.3) is 0 Å². The summed E-state index contributed by atoms with van der Waals surface area (Å²) in [5, 5.41) is 35.0. The van der Waals surface area contributed by atoms with E-state index in [2.05, 4.69) is 5.32 Å². The van der Waals surface area contributed by atoms with Crippen molar-refractivity contribution in [2.45, 2.75) is 70.3 Å². The first kappa shape index (κ1) is 34.2. The molecule has 2 atom stereocenters. The molecule has 3 rings (SSSR count). The number of esters is 1. The highest BCUT2D eigenvalue weighted by Crippen LogP contribution is 2.47. The maximum absolute atomic E-state index is 13.6. The molecule has 0 spiro atoms. The molecule has 0 radical (unpaired) electrons. The molecule has 1 amide bonds. The molecule has 4 N–H and O–H groups in total. The zero-order valence-corrected chi connectivity index (χ0v) is 25.8. The minimum atomic E-state index is -0.976. The maximum Gasteiger partial charge on any atom is 0.342 e. The number of phenols is 2. The van der Waals surface area contributed by atoms with Gasteiger partial charge in [-0.1, -0.05) is 12.2 Å². The van der Waals surface area contributed by atoms with E-state index in [0.717, 1.165) is 0 Å². The Morgan fingerprint density at radius 2 is 1.73 bits per heavy atom. The minimum absolute atomic E-state index is 0.0555. The zero-order valence-electron chi connectivity index (χ0n) is 25.8. The number of benzene rings is 2. The van der Waals surface area contributed by atoms with Crippen LogP contribution in [0.3, 0.4) is 0 Å². The fourth-order valence-electron chi connectivity index (χ4n) is 5.27. The molecule has 2 aromatic rings. The summed E-state index contributed by atoms with van der Waals surface area (Å²) in [7, 11) is 4.34. The van der Waals surface area contributed by atoms with E-state index in [9.17, 15) is 24.6 Å². The van der Waals surface area contributed by atoms with Gasteiger partial charge in [-0.05, 0) is 68.4 Å². The Hall–Kier alpha value is -4.25. The van der Waals surface area contributed by atoms with Crippen LogP contribution < -0.4 is 19.5 Å². The molecule has 0 aromatic heterocycles. The van der Waals surface area contributed by atoms with E-state index in [0.29, 0.717) is 67.8 Å². The van der Waals surface area contributed by atoms with Crippen molar-refractivity contribution >= 4 is 23.7 Å². The molecule has 44 heavy (non-hydrogen) atoms. The third kappa shape index (κ3) is 8.66. The quantitative estimate of drug-likeness (QED) is 0.220. The summed E-state index contributed by atoms with van der Waals surface area (Å²) in [6.07, 6.45) is 6.04. The Kier molecular flexibility index (Phi) is 12.9. The van der Waals surface area contributed by atoms with Gasteiger partial charge in [0.15, 0.2) is 11.5 Å². The van der Waals surface area contributed by atoms with Gasteiger partial charge in [-0.2, -0.15) is 0 Å². The molecule has 0 saturated carbocycles. The molecule has 0 fully saturated rings. The predicted molar refractivity (Wildman–Crippen MR) is 164 cm³/mol. The van der Waals surface area contributed by atoms with Crippen molar-refractivity contribution in [2.24, 2.45) is 0 Å². The number of amides is 1. The molecular weight excluding hydrogens is 570 g/mol. The number of Topliss-reactive ketones (excluding diaryl/α,β-unsaturated/α-hetero) is 1. The van der Waals surface area contributed by atoms with Crippen molar-refractivity contribution in [3.8, 4) is 28.7 Å². The number of methoxy groups -OCH3 is 3. The van der Waals surface area contributed by atoms with Gasteiger partial charge in [0.1, 0.15) is 22.8 Å². The number of ether oxygens (including phenoxy) is 4. The third-order valence-corrected chi connectivity index (χ3v) is 7.54. The number of aliphatic hydroxyl groups is 1. The number of aliphatic hydroxyl groups excluding tert-OH is 1. The fourth-order valence-corrected chi connectivity index (χ4v) is 5.27. The van der Waals surface area contributed by atoms with Crippen molar-refractivity contribution < 1.29 is 48.7 Å². The van der Waals surface area contributed by atoms with Gasteiger partial charge in [0.05, 0.1) is 27.4 Å². The number of fused-ring (bicyclic) bond motifs is 1. The molecule has 2 aromatic carbocycles. The first-order valence-electron chi connectivity index (χ1n) is 14.8. The van der Waals surface area contributed by atoms with Gasteiger partial charge in [0, 0.05) is 43.9 Å². The maximum atomic E-state index is 13.6. The molecule has 0 bridgehead atoms. The summed E-state index contributed by atoms with van der Waals surface area (Å²) in [5.41, 5.74) is 0.470. The van der Waals surface area contributed by atoms with E-state index in [-0.39, 0.29) is 47.8 Å². The van der Waals surface area contributed by atoms with Gasteiger partial charge in [0.2, 0.25) is 11.7 Å². The molecule has 1 unspecified atom stereocenters. The Morgan fingerprint density at radius 3 is 2.36 bits per heavy atom. The van der Waals surface area contributed by atoms with Gasteiger partial charge in [-0.3, -0.25) is 9.59 Å². The predicted octanol–water partition coefficient (Wildman–Crippen LogP) is 4.63. The van der Waals surface area contributed by atoms with Crippen LogP contribution in [0.5, 0.6) is 28.7 Å². The highest BCUT2D eigenvalue weighted by atomic mass is 16.5. The number of carbonyl (C=O) groups excluding carboxylic acids is 3. The standard InChI is InChI=1S/C33H43NO10/c1-20-10-8-13-23(36)12-7-5-6-11-21-16-25(37)30(31(39)29(21)33(40)44-20)24(19-28(38)34-14-9-15-35)22-17-26(41-2)32(43-4)27(18-22)42-3/h6,11,16-18,20,24,35,37,39H,5,7-10,12-15,19H2,1-4H3,(H,34,38)/b11-6+/t20-,24?/m0/s1. The molecule has 1 aliphatic heterocycles. The number of hydrogen-bond donors (Lipinski definition) is 4. The third-order valence-electron chi connectivity index (χ3n) is 7.54. The first-order chi connectivity index (χ1) is 21.1. The summed E-state index contributed by atoms with van der Waals surface area (Å²) in [5.74, 6) is -2.00. The van der Waals surface area contributed by atoms with Crippen LogP contribution in [0.15, 0.2) is 24.3 Å². The number of carbonyl (C=O) groups is 3. The summed E-state index contributed by atoms with van der Waals surface area (Å²) in [4.78, 5) is 38.8. The van der Waals surface area contributed by atoms with Crippen LogP contribution in [0, 0.1) is 0 Å². The molecule has 240 valence electrons. The van der Waals surface area contributed by atoms with Crippen molar-refractivity contribution in [2.75, 3.05) is 34.5 Å². The lowest BCUT2D eigenvalue weighted by molar-refractivity contribution is -0.121. The van der Waals surface area contributed by atoms with Crippen LogP contribution in [-0.4, -0.2) is 73.6 Å². The summed E-state index contributed by atoms with van der Waals surface area (Å²) in [6.45, 7) is 1.84.